The number of amides is 1. The Morgan fingerprint density at radius 3 is 2.70 bits per heavy atom. The van der Waals surface area contributed by atoms with Gasteiger partial charge in [-0.1, -0.05) is 30.3 Å². The molecular formula is C22H19IN2OS. The Kier molecular flexibility index (Phi) is 5.69. The second-order valence-electron chi connectivity index (χ2n) is 6.52. The second-order valence-corrected chi connectivity index (χ2v) is 8.85. The van der Waals surface area contributed by atoms with Crippen molar-refractivity contribution in [3.8, 4) is 0 Å². The van der Waals surface area contributed by atoms with Gasteiger partial charge in [-0.05, 0) is 83.7 Å². The molecule has 1 heterocycles. The standard InChI is InChI=1S/C22H19IN2OS/c23-16-8-6-7-15(13-16)14-24-22-20(18-11-4-5-12-19(18)27-22)21(26)25-17-9-2-1-3-10-17/h1-3,6-10,13-14H,4-5,11-12H2,(H,25,26). The summed E-state index contributed by atoms with van der Waals surface area (Å²) < 4.78 is 1.17. The Balaban J connectivity index is 1.68. The van der Waals surface area contributed by atoms with Gasteiger partial charge in [0.05, 0.1) is 5.56 Å². The van der Waals surface area contributed by atoms with Gasteiger partial charge < -0.3 is 5.32 Å². The van der Waals surface area contributed by atoms with E-state index in [1.54, 1.807) is 11.3 Å². The zero-order valence-electron chi connectivity index (χ0n) is 14.7. The molecule has 1 N–H and O–H groups in total. The molecule has 0 aliphatic heterocycles. The number of rotatable bonds is 4. The first-order valence-corrected chi connectivity index (χ1v) is 10.9. The van der Waals surface area contributed by atoms with E-state index in [-0.39, 0.29) is 5.91 Å². The number of halogens is 1. The van der Waals surface area contributed by atoms with Crippen molar-refractivity contribution in [1.82, 2.24) is 0 Å². The number of hydrogen-bond donors (Lipinski definition) is 1. The lowest BCUT2D eigenvalue weighted by molar-refractivity contribution is 0.102. The minimum atomic E-state index is -0.0598. The number of fused-ring (bicyclic) bond motifs is 1. The van der Waals surface area contributed by atoms with Gasteiger partial charge in [-0.25, -0.2) is 4.99 Å². The summed E-state index contributed by atoms with van der Waals surface area (Å²) in [5, 5.41) is 3.85. The number of thiophene rings is 1. The molecule has 0 bridgehead atoms. The van der Waals surface area contributed by atoms with E-state index < -0.39 is 0 Å². The maximum atomic E-state index is 13.1. The molecule has 27 heavy (non-hydrogen) atoms. The number of nitrogens with one attached hydrogen (secondary N) is 1. The highest BCUT2D eigenvalue weighted by molar-refractivity contribution is 14.1. The zero-order chi connectivity index (χ0) is 18.6. The van der Waals surface area contributed by atoms with Crippen LogP contribution in [0, 0.1) is 3.57 Å². The van der Waals surface area contributed by atoms with Gasteiger partial charge in [-0.2, -0.15) is 0 Å². The number of carbonyl (C=O) groups is 1. The lowest BCUT2D eigenvalue weighted by atomic mass is 9.95. The third-order valence-electron chi connectivity index (χ3n) is 4.59. The van der Waals surface area contributed by atoms with Crippen LogP contribution in [0.4, 0.5) is 10.7 Å². The first-order chi connectivity index (χ1) is 13.2. The second kappa shape index (κ2) is 8.35. The molecule has 3 nitrogen and oxygen atoms in total. The van der Waals surface area contributed by atoms with Gasteiger partial charge in [-0.15, -0.1) is 11.3 Å². The molecule has 0 atom stereocenters. The molecule has 1 aliphatic carbocycles. The summed E-state index contributed by atoms with van der Waals surface area (Å²) in [4.78, 5) is 19.1. The molecule has 0 saturated heterocycles. The predicted octanol–water partition coefficient (Wildman–Crippen LogP) is 6.23. The minimum Gasteiger partial charge on any atom is -0.322 e. The molecule has 0 spiro atoms. The number of aryl methyl sites for hydroxylation is 1. The summed E-state index contributed by atoms with van der Waals surface area (Å²) in [6.07, 6.45) is 6.19. The fourth-order valence-electron chi connectivity index (χ4n) is 3.31. The highest BCUT2D eigenvalue weighted by Gasteiger charge is 2.25. The van der Waals surface area contributed by atoms with E-state index in [9.17, 15) is 4.79 Å². The normalized spacial score (nSPS) is 13.5. The van der Waals surface area contributed by atoms with Crippen LogP contribution in [0.15, 0.2) is 59.6 Å². The first kappa shape index (κ1) is 18.4. The number of benzene rings is 2. The van der Waals surface area contributed by atoms with Gasteiger partial charge in [0.25, 0.3) is 5.91 Å². The van der Waals surface area contributed by atoms with Crippen molar-refractivity contribution < 1.29 is 4.79 Å². The molecule has 3 aromatic rings. The SMILES string of the molecule is O=C(Nc1ccccc1)c1c(N=Cc2cccc(I)c2)sc2c1CCCC2. The molecule has 1 aromatic heterocycles. The fraction of sp³-hybridized carbons (Fsp3) is 0.182. The van der Waals surface area contributed by atoms with E-state index in [4.69, 9.17) is 4.99 Å². The molecule has 5 heteroatoms. The molecule has 1 amide bonds. The van der Waals surface area contributed by atoms with Crippen LogP contribution >= 0.6 is 33.9 Å². The maximum absolute atomic E-state index is 13.1. The molecule has 0 unspecified atom stereocenters. The first-order valence-electron chi connectivity index (χ1n) is 9.01. The third-order valence-corrected chi connectivity index (χ3v) is 6.46. The van der Waals surface area contributed by atoms with Crippen molar-refractivity contribution in [2.24, 2.45) is 4.99 Å². The van der Waals surface area contributed by atoms with E-state index in [0.29, 0.717) is 0 Å². The minimum absolute atomic E-state index is 0.0598. The number of carbonyl (C=O) groups excluding carboxylic acids is 1. The molecule has 0 fully saturated rings. The molecule has 2 aromatic carbocycles. The van der Waals surface area contributed by atoms with Gasteiger partial charge in [-0.3, -0.25) is 4.79 Å². The molecule has 4 rings (SSSR count). The molecule has 136 valence electrons. The molecule has 0 radical (unpaired) electrons. The number of para-hydroxylation sites is 1. The highest BCUT2D eigenvalue weighted by atomic mass is 127. The molecular weight excluding hydrogens is 467 g/mol. The van der Waals surface area contributed by atoms with Gasteiger partial charge in [0.15, 0.2) is 0 Å². The Morgan fingerprint density at radius 1 is 1.07 bits per heavy atom. The van der Waals surface area contributed by atoms with Crippen molar-refractivity contribution in [2.45, 2.75) is 25.7 Å². The fourth-order valence-corrected chi connectivity index (χ4v) is 5.11. The Bertz CT molecular complexity index is 995. The summed E-state index contributed by atoms with van der Waals surface area (Å²) >= 11 is 3.96. The topological polar surface area (TPSA) is 41.5 Å². The third kappa shape index (κ3) is 4.30. The quantitative estimate of drug-likeness (QED) is 0.345. The van der Waals surface area contributed by atoms with E-state index in [0.717, 1.165) is 41.1 Å². The van der Waals surface area contributed by atoms with E-state index in [2.05, 4.69) is 40.0 Å². The lowest BCUT2D eigenvalue weighted by Gasteiger charge is -2.12. The summed E-state index contributed by atoms with van der Waals surface area (Å²) in [7, 11) is 0. The van der Waals surface area contributed by atoms with Crippen molar-refractivity contribution in [2.75, 3.05) is 5.32 Å². The van der Waals surface area contributed by atoms with E-state index in [1.165, 1.54) is 20.4 Å². The number of nitrogens with zero attached hydrogens (tertiary/aromatic N) is 1. The summed E-state index contributed by atoms with van der Waals surface area (Å²) in [6.45, 7) is 0. The van der Waals surface area contributed by atoms with Crippen LogP contribution in [-0.4, -0.2) is 12.1 Å². The zero-order valence-corrected chi connectivity index (χ0v) is 17.7. The highest BCUT2D eigenvalue weighted by Crippen LogP contribution is 2.40. The van der Waals surface area contributed by atoms with Crippen molar-refractivity contribution in [3.05, 3.63) is 79.7 Å². The van der Waals surface area contributed by atoms with Gasteiger partial charge in [0.1, 0.15) is 5.00 Å². The summed E-state index contributed by atoms with van der Waals surface area (Å²) in [5.41, 5.74) is 3.79. The Hall–Kier alpha value is -1.99. The van der Waals surface area contributed by atoms with Crippen molar-refractivity contribution in [1.29, 1.82) is 0 Å². The molecule has 1 aliphatic rings. The predicted molar refractivity (Wildman–Crippen MR) is 122 cm³/mol. The van der Waals surface area contributed by atoms with Crippen LogP contribution in [0.25, 0.3) is 0 Å². The van der Waals surface area contributed by atoms with Crippen molar-refractivity contribution in [3.63, 3.8) is 0 Å². The average molecular weight is 486 g/mol. The molecule has 0 saturated carbocycles. The smallest absolute Gasteiger partial charge is 0.259 e. The van der Waals surface area contributed by atoms with Crippen LogP contribution in [0.2, 0.25) is 0 Å². The van der Waals surface area contributed by atoms with Gasteiger partial charge in [0, 0.05) is 20.3 Å². The summed E-state index contributed by atoms with van der Waals surface area (Å²) in [5.74, 6) is -0.0598. The van der Waals surface area contributed by atoms with Crippen LogP contribution < -0.4 is 5.32 Å². The van der Waals surface area contributed by atoms with Crippen LogP contribution in [0.1, 0.15) is 39.2 Å². The lowest BCUT2D eigenvalue weighted by Crippen LogP contribution is -2.14. The number of aliphatic imine (C=N–C) groups is 1. The van der Waals surface area contributed by atoms with Crippen LogP contribution in [0.3, 0.4) is 0 Å². The van der Waals surface area contributed by atoms with Crippen molar-refractivity contribution >= 4 is 56.7 Å². The number of hydrogen-bond acceptors (Lipinski definition) is 3. The van der Waals surface area contributed by atoms with Gasteiger partial charge in [0.2, 0.25) is 0 Å². The number of anilines is 1. The monoisotopic (exact) mass is 486 g/mol. The summed E-state index contributed by atoms with van der Waals surface area (Å²) in [6, 6.07) is 17.8. The van der Waals surface area contributed by atoms with Gasteiger partial charge >= 0.3 is 0 Å². The van der Waals surface area contributed by atoms with Crippen LogP contribution in [-0.2, 0) is 12.8 Å². The Morgan fingerprint density at radius 2 is 1.89 bits per heavy atom. The average Bonchev–Trinajstić information content (AvgIpc) is 3.06. The maximum Gasteiger partial charge on any atom is 0.259 e. The largest absolute Gasteiger partial charge is 0.322 e. The van der Waals surface area contributed by atoms with Crippen LogP contribution in [0.5, 0.6) is 0 Å². The van der Waals surface area contributed by atoms with E-state index >= 15 is 0 Å². The van der Waals surface area contributed by atoms with E-state index in [1.807, 2.05) is 48.7 Å². The Labute approximate surface area is 176 Å².